The van der Waals surface area contributed by atoms with Crippen LogP contribution in [0.4, 0.5) is 0 Å². The Labute approximate surface area is 159 Å². The third-order valence-corrected chi connectivity index (χ3v) is 6.72. The lowest BCUT2D eigenvalue weighted by Crippen LogP contribution is -2.28. The molecule has 0 aromatic carbocycles. The number of amides is 1. The lowest BCUT2D eigenvalue weighted by atomic mass is 10.3. The van der Waals surface area contributed by atoms with Crippen LogP contribution in [0.25, 0.3) is 0 Å². The molecule has 3 rings (SSSR count). The molecule has 0 radical (unpaired) electrons. The van der Waals surface area contributed by atoms with Crippen molar-refractivity contribution in [1.82, 2.24) is 19.4 Å². The highest BCUT2D eigenvalue weighted by atomic mass is 32.2. The van der Waals surface area contributed by atoms with E-state index in [9.17, 15) is 13.2 Å². The van der Waals surface area contributed by atoms with E-state index in [0.29, 0.717) is 32.6 Å². The topological polar surface area (TPSA) is 97.4 Å². The van der Waals surface area contributed by atoms with Gasteiger partial charge in [-0.05, 0) is 46.1 Å². The number of sulfonamides is 1. The number of carbonyl (C=O) groups excluding carboxylic acids is 1. The average Bonchev–Trinajstić information content (AvgIpc) is 3.32. The van der Waals surface area contributed by atoms with Crippen LogP contribution in [-0.2, 0) is 16.6 Å². The van der Waals surface area contributed by atoms with Gasteiger partial charge >= 0.3 is 0 Å². The van der Waals surface area contributed by atoms with Crippen molar-refractivity contribution in [3.05, 3.63) is 35.0 Å². The van der Waals surface area contributed by atoms with Crippen LogP contribution < -0.4 is 5.32 Å². The lowest BCUT2D eigenvalue weighted by molar-refractivity contribution is 0.0923. The van der Waals surface area contributed by atoms with Gasteiger partial charge in [-0.2, -0.15) is 9.40 Å². The number of nitrogens with zero attached hydrogens (tertiary/aromatic N) is 3. The molecule has 1 fully saturated rings. The fourth-order valence-electron chi connectivity index (χ4n) is 3.32. The number of rotatable bonds is 7. The fraction of sp³-hybridized carbons (Fsp3) is 0.556. The Kier molecular flexibility index (Phi) is 5.71. The van der Waals surface area contributed by atoms with Gasteiger partial charge in [-0.3, -0.25) is 9.48 Å². The van der Waals surface area contributed by atoms with Crippen LogP contribution in [-0.4, -0.2) is 48.0 Å². The molecule has 2 aromatic heterocycles. The van der Waals surface area contributed by atoms with Crippen molar-refractivity contribution in [2.24, 2.45) is 0 Å². The second kappa shape index (κ2) is 7.85. The minimum Gasteiger partial charge on any atom is -0.455 e. The fourth-order valence-corrected chi connectivity index (χ4v) is 5.00. The molecule has 0 saturated carbocycles. The van der Waals surface area contributed by atoms with E-state index in [-0.39, 0.29) is 16.4 Å². The van der Waals surface area contributed by atoms with Gasteiger partial charge in [-0.25, -0.2) is 8.42 Å². The Morgan fingerprint density at radius 1 is 1.22 bits per heavy atom. The van der Waals surface area contributed by atoms with E-state index in [4.69, 9.17) is 4.42 Å². The second-order valence-corrected chi connectivity index (χ2v) is 8.81. The van der Waals surface area contributed by atoms with Gasteiger partial charge in [0, 0.05) is 37.9 Å². The highest BCUT2D eigenvalue weighted by Crippen LogP contribution is 2.26. The van der Waals surface area contributed by atoms with Crippen molar-refractivity contribution < 1.29 is 17.6 Å². The van der Waals surface area contributed by atoms with E-state index in [1.54, 1.807) is 6.92 Å². The summed E-state index contributed by atoms with van der Waals surface area (Å²) in [5, 5.41) is 7.15. The van der Waals surface area contributed by atoms with E-state index < -0.39 is 15.9 Å². The van der Waals surface area contributed by atoms with Crippen molar-refractivity contribution in [2.75, 3.05) is 19.6 Å². The molecule has 1 saturated heterocycles. The first-order valence-electron chi connectivity index (χ1n) is 9.19. The summed E-state index contributed by atoms with van der Waals surface area (Å²) in [6, 6.07) is 3.34. The van der Waals surface area contributed by atoms with Crippen molar-refractivity contribution in [1.29, 1.82) is 0 Å². The third kappa shape index (κ3) is 4.24. The molecule has 27 heavy (non-hydrogen) atoms. The molecule has 0 aliphatic carbocycles. The van der Waals surface area contributed by atoms with Crippen LogP contribution in [0, 0.1) is 20.8 Å². The molecule has 0 spiro atoms. The van der Waals surface area contributed by atoms with Gasteiger partial charge in [-0.15, -0.1) is 0 Å². The molecule has 0 bridgehead atoms. The van der Waals surface area contributed by atoms with E-state index in [0.717, 1.165) is 24.2 Å². The number of hydrogen-bond acceptors (Lipinski definition) is 5. The zero-order valence-electron chi connectivity index (χ0n) is 16.0. The maximum Gasteiger partial charge on any atom is 0.287 e. The average molecular weight is 394 g/mol. The van der Waals surface area contributed by atoms with Crippen LogP contribution >= 0.6 is 0 Å². The molecule has 1 amide bonds. The molecule has 1 N–H and O–H groups in total. The van der Waals surface area contributed by atoms with Gasteiger partial charge in [0.05, 0.1) is 5.69 Å². The van der Waals surface area contributed by atoms with Crippen LogP contribution in [0.3, 0.4) is 0 Å². The standard InChI is InChI=1S/C18H26N4O4S/c1-13-11-14(2)22(20-13)10-6-7-19-18(23)16-12-17(15(3)26-16)27(24,25)21-8-4-5-9-21/h11-12H,4-10H2,1-3H3,(H,19,23). The Bertz CT molecular complexity index is 923. The maximum absolute atomic E-state index is 12.7. The first-order chi connectivity index (χ1) is 12.8. The summed E-state index contributed by atoms with van der Waals surface area (Å²) in [6.45, 7) is 7.69. The van der Waals surface area contributed by atoms with Gasteiger partial charge in [0.2, 0.25) is 10.0 Å². The predicted molar refractivity (Wildman–Crippen MR) is 100 cm³/mol. The molecule has 0 unspecified atom stereocenters. The van der Waals surface area contributed by atoms with E-state index >= 15 is 0 Å². The smallest absolute Gasteiger partial charge is 0.287 e. The molecule has 148 valence electrons. The van der Waals surface area contributed by atoms with Crippen molar-refractivity contribution in [2.45, 2.75) is 51.5 Å². The SMILES string of the molecule is Cc1cc(C)n(CCCNC(=O)c2cc(S(=O)(=O)N3CCCC3)c(C)o2)n1. The Hall–Kier alpha value is -2.13. The summed E-state index contributed by atoms with van der Waals surface area (Å²) in [5.74, 6) is -0.139. The molecule has 8 nitrogen and oxygen atoms in total. The Morgan fingerprint density at radius 2 is 1.93 bits per heavy atom. The van der Waals surface area contributed by atoms with Crippen molar-refractivity contribution in [3.8, 4) is 0 Å². The van der Waals surface area contributed by atoms with Crippen LogP contribution in [0.5, 0.6) is 0 Å². The van der Waals surface area contributed by atoms with Crippen molar-refractivity contribution >= 4 is 15.9 Å². The van der Waals surface area contributed by atoms with Gasteiger partial charge < -0.3 is 9.73 Å². The van der Waals surface area contributed by atoms with Gasteiger partial charge in [0.1, 0.15) is 10.7 Å². The summed E-state index contributed by atoms with van der Waals surface area (Å²) in [5.41, 5.74) is 2.05. The van der Waals surface area contributed by atoms with Crippen molar-refractivity contribution in [3.63, 3.8) is 0 Å². The molecule has 9 heteroatoms. The Balaban J connectivity index is 1.58. The first kappa shape index (κ1) is 19.6. The number of carbonyl (C=O) groups is 1. The third-order valence-electron chi connectivity index (χ3n) is 4.71. The monoisotopic (exact) mass is 394 g/mol. The number of nitrogens with one attached hydrogen (secondary N) is 1. The number of aryl methyl sites for hydroxylation is 4. The summed E-state index contributed by atoms with van der Waals surface area (Å²) in [7, 11) is -3.60. The highest BCUT2D eigenvalue weighted by molar-refractivity contribution is 7.89. The molecule has 1 aliphatic heterocycles. The summed E-state index contributed by atoms with van der Waals surface area (Å²) in [6.07, 6.45) is 2.43. The van der Waals surface area contributed by atoms with E-state index in [1.807, 2.05) is 24.6 Å². The number of furan rings is 1. The largest absolute Gasteiger partial charge is 0.455 e. The zero-order valence-corrected chi connectivity index (χ0v) is 16.8. The highest BCUT2D eigenvalue weighted by Gasteiger charge is 2.31. The van der Waals surface area contributed by atoms with Crippen LogP contribution in [0.2, 0.25) is 0 Å². The maximum atomic E-state index is 12.7. The van der Waals surface area contributed by atoms with Gasteiger partial charge in [0.25, 0.3) is 5.91 Å². The van der Waals surface area contributed by atoms with Crippen LogP contribution in [0.1, 0.15) is 47.0 Å². The Morgan fingerprint density at radius 3 is 2.56 bits per heavy atom. The number of aromatic nitrogens is 2. The quantitative estimate of drug-likeness (QED) is 0.725. The van der Waals surface area contributed by atoms with E-state index in [2.05, 4.69) is 10.4 Å². The normalized spacial score (nSPS) is 15.4. The minimum atomic E-state index is -3.60. The van der Waals surface area contributed by atoms with Crippen LogP contribution in [0.15, 0.2) is 21.4 Å². The second-order valence-electron chi connectivity index (χ2n) is 6.90. The summed E-state index contributed by atoms with van der Waals surface area (Å²) in [4.78, 5) is 12.4. The molecule has 2 aromatic rings. The lowest BCUT2D eigenvalue weighted by Gasteiger charge is -2.14. The molecule has 0 atom stereocenters. The summed E-state index contributed by atoms with van der Waals surface area (Å²) >= 11 is 0. The molecular formula is C18H26N4O4S. The zero-order chi connectivity index (χ0) is 19.6. The van der Waals surface area contributed by atoms with E-state index in [1.165, 1.54) is 10.4 Å². The predicted octanol–water partition coefficient (Wildman–Crippen LogP) is 2.01. The van der Waals surface area contributed by atoms with Gasteiger partial charge in [0.15, 0.2) is 5.76 Å². The summed E-state index contributed by atoms with van der Waals surface area (Å²) < 4.78 is 34.1. The van der Waals surface area contributed by atoms with Gasteiger partial charge in [-0.1, -0.05) is 0 Å². The molecule has 3 heterocycles. The number of hydrogen-bond donors (Lipinski definition) is 1. The molecular weight excluding hydrogens is 368 g/mol. The molecule has 1 aliphatic rings. The first-order valence-corrected chi connectivity index (χ1v) is 10.6. The minimum absolute atomic E-state index is 0.0244.